The summed E-state index contributed by atoms with van der Waals surface area (Å²) in [5.74, 6) is 1.57. The van der Waals surface area contributed by atoms with Crippen LogP contribution in [-0.2, 0) is 0 Å². The highest BCUT2D eigenvalue weighted by Gasteiger charge is 2.13. The molecular weight excluding hydrogens is 292 g/mol. The van der Waals surface area contributed by atoms with Crippen molar-refractivity contribution in [3.63, 3.8) is 0 Å². The molecule has 9 nitrogen and oxygen atoms in total. The number of aromatic nitrogens is 7. The number of hydrogen-bond donors (Lipinski definition) is 1. The SMILES string of the molecule is CNc1nc(Sc2nc(C)c(C)o2)nc(-n2cncn2)n1. The van der Waals surface area contributed by atoms with Crippen LogP contribution in [0.25, 0.3) is 5.95 Å². The second-order valence-electron chi connectivity index (χ2n) is 4.06. The van der Waals surface area contributed by atoms with E-state index in [9.17, 15) is 0 Å². The molecule has 0 aliphatic carbocycles. The summed E-state index contributed by atoms with van der Waals surface area (Å²) in [6.07, 6.45) is 2.93. The molecular formula is C11H12N8OS. The summed E-state index contributed by atoms with van der Waals surface area (Å²) >= 11 is 1.22. The van der Waals surface area contributed by atoms with Crippen LogP contribution < -0.4 is 5.32 Å². The van der Waals surface area contributed by atoms with Gasteiger partial charge in [0.1, 0.15) is 18.4 Å². The zero-order chi connectivity index (χ0) is 14.8. The van der Waals surface area contributed by atoms with Crippen LogP contribution in [0.2, 0.25) is 0 Å². The molecule has 0 saturated heterocycles. The zero-order valence-corrected chi connectivity index (χ0v) is 12.4. The largest absolute Gasteiger partial charge is 0.436 e. The van der Waals surface area contributed by atoms with E-state index < -0.39 is 0 Å². The summed E-state index contributed by atoms with van der Waals surface area (Å²) in [4.78, 5) is 21.0. The van der Waals surface area contributed by atoms with E-state index in [4.69, 9.17) is 4.42 Å². The molecule has 21 heavy (non-hydrogen) atoms. The molecule has 3 aromatic heterocycles. The Morgan fingerprint density at radius 3 is 2.67 bits per heavy atom. The van der Waals surface area contributed by atoms with Gasteiger partial charge in [-0.05, 0) is 13.8 Å². The first-order valence-corrected chi connectivity index (χ1v) is 6.88. The van der Waals surface area contributed by atoms with E-state index in [-0.39, 0.29) is 0 Å². The van der Waals surface area contributed by atoms with Crippen LogP contribution in [0.5, 0.6) is 0 Å². The van der Waals surface area contributed by atoms with Crippen molar-refractivity contribution in [3.05, 3.63) is 24.1 Å². The Hall–Kier alpha value is -2.49. The monoisotopic (exact) mass is 304 g/mol. The summed E-state index contributed by atoms with van der Waals surface area (Å²) in [6, 6.07) is 0. The average Bonchev–Trinajstić information content (AvgIpc) is 3.09. The fraction of sp³-hybridized carbons (Fsp3) is 0.273. The molecule has 0 radical (unpaired) electrons. The minimum Gasteiger partial charge on any atom is -0.436 e. The van der Waals surface area contributed by atoms with Crippen molar-refractivity contribution in [2.45, 2.75) is 24.2 Å². The second-order valence-corrected chi connectivity index (χ2v) is 4.97. The van der Waals surface area contributed by atoms with Crippen molar-refractivity contribution in [1.29, 1.82) is 0 Å². The maximum atomic E-state index is 5.52. The molecule has 0 aromatic carbocycles. The lowest BCUT2D eigenvalue weighted by molar-refractivity contribution is 0.430. The molecule has 3 aromatic rings. The lowest BCUT2D eigenvalue weighted by Crippen LogP contribution is -2.07. The molecule has 0 aliphatic rings. The van der Waals surface area contributed by atoms with Crippen LogP contribution in [0.3, 0.4) is 0 Å². The van der Waals surface area contributed by atoms with Crippen molar-refractivity contribution in [3.8, 4) is 5.95 Å². The maximum absolute atomic E-state index is 5.52. The van der Waals surface area contributed by atoms with E-state index in [0.717, 1.165) is 11.5 Å². The Kier molecular flexibility index (Phi) is 3.52. The zero-order valence-electron chi connectivity index (χ0n) is 11.6. The smallest absolute Gasteiger partial charge is 0.264 e. The fourth-order valence-electron chi connectivity index (χ4n) is 1.48. The van der Waals surface area contributed by atoms with Crippen molar-refractivity contribution >= 4 is 17.7 Å². The van der Waals surface area contributed by atoms with Gasteiger partial charge in [-0.3, -0.25) is 0 Å². The van der Waals surface area contributed by atoms with E-state index in [0.29, 0.717) is 22.3 Å². The van der Waals surface area contributed by atoms with Gasteiger partial charge in [-0.25, -0.2) is 9.97 Å². The van der Waals surface area contributed by atoms with E-state index in [1.165, 1.54) is 29.1 Å². The third-order valence-corrected chi connectivity index (χ3v) is 3.35. The Morgan fingerprint density at radius 2 is 2.05 bits per heavy atom. The lowest BCUT2D eigenvalue weighted by Gasteiger charge is -2.04. The van der Waals surface area contributed by atoms with Crippen LogP contribution in [0.15, 0.2) is 27.5 Å². The molecule has 0 unspecified atom stereocenters. The molecule has 0 amide bonds. The Morgan fingerprint density at radius 1 is 1.19 bits per heavy atom. The van der Waals surface area contributed by atoms with Gasteiger partial charge in [0.25, 0.3) is 11.2 Å². The average molecular weight is 304 g/mol. The van der Waals surface area contributed by atoms with E-state index in [1.807, 2.05) is 13.8 Å². The molecule has 3 heterocycles. The summed E-state index contributed by atoms with van der Waals surface area (Å²) in [6.45, 7) is 3.75. The van der Waals surface area contributed by atoms with Crippen molar-refractivity contribution in [2.75, 3.05) is 12.4 Å². The van der Waals surface area contributed by atoms with Gasteiger partial charge in [0, 0.05) is 18.8 Å². The normalized spacial score (nSPS) is 10.8. The predicted octanol–water partition coefficient (Wildman–Crippen LogP) is 1.25. The molecule has 0 fully saturated rings. The van der Waals surface area contributed by atoms with Crippen molar-refractivity contribution in [1.82, 2.24) is 34.7 Å². The van der Waals surface area contributed by atoms with Gasteiger partial charge in [0.05, 0.1) is 5.69 Å². The summed E-state index contributed by atoms with van der Waals surface area (Å²) in [5.41, 5.74) is 0.844. The molecule has 10 heteroatoms. The van der Waals surface area contributed by atoms with Crippen LogP contribution in [0.1, 0.15) is 11.5 Å². The highest BCUT2D eigenvalue weighted by molar-refractivity contribution is 7.98. The molecule has 108 valence electrons. The number of aryl methyl sites for hydroxylation is 2. The van der Waals surface area contributed by atoms with Crippen molar-refractivity contribution in [2.24, 2.45) is 0 Å². The third-order valence-electron chi connectivity index (χ3n) is 2.64. The molecule has 1 N–H and O–H groups in total. The topological polar surface area (TPSA) is 107 Å². The minimum atomic E-state index is 0.370. The van der Waals surface area contributed by atoms with E-state index in [2.05, 4.69) is 35.3 Å². The third kappa shape index (κ3) is 2.84. The number of rotatable bonds is 4. The highest BCUT2D eigenvalue weighted by atomic mass is 32.2. The van der Waals surface area contributed by atoms with Gasteiger partial charge < -0.3 is 9.73 Å². The highest BCUT2D eigenvalue weighted by Crippen LogP contribution is 2.26. The number of nitrogens with one attached hydrogen (secondary N) is 1. The molecule has 0 bridgehead atoms. The first kappa shape index (κ1) is 13.5. The second kappa shape index (κ2) is 5.48. The molecule has 0 aliphatic heterocycles. The summed E-state index contributed by atoms with van der Waals surface area (Å²) in [5, 5.41) is 7.84. The number of oxazole rings is 1. The van der Waals surface area contributed by atoms with Gasteiger partial charge in [0.15, 0.2) is 0 Å². The van der Waals surface area contributed by atoms with Gasteiger partial charge in [-0.2, -0.15) is 24.7 Å². The fourth-order valence-corrected chi connectivity index (χ4v) is 2.25. The number of nitrogens with zero attached hydrogens (tertiary/aromatic N) is 7. The Labute approximate surface area is 124 Å². The first-order chi connectivity index (χ1) is 10.2. The number of anilines is 1. The van der Waals surface area contributed by atoms with Crippen LogP contribution in [0, 0.1) is 13.8 Å². The van der Waals surface area contributed by atoms with Crippen LogP contribution >= 0.6 is 11.8 Å². The minimum absolute atomic E-state index is 0.370. The van der Waals surface area contributed by atoms with Gasteiger partial charge in [-0.1, -0.05) is 0 Å². The standard InChI is InChI=1S/C11H12N8OS/c1-6-7(2)20-11(15-6)21-10-17-8(12-3)16-9(18-10)19-5-13-4-14-19/h4-5H,1-3H3,(H,12,16,17,18). The Bertz CT molecular complexity index is 734. The van der Waals surface area contributed by atoms with Crippen molar-refractivity contribution < 1.29 is 4.42 Å². The molecule has 0 atom stereocenters. The Balaban J connectivity index is 1.96. The van der Waals surface area contributed by atoms with Gasteiger partial charge in [0.2, 0.25) is 11.1 Å². The van der Waals surface area contributed by atoms with Crippen LogP contribution in [-0.4, -0.2) is 41.7 Å². The first-order valence-electron chi connectivity index (χ1n) is 6.06. The quantitative estimate of drug-likeness (QED) is 0.761. The molecule has 0 saturated carbocycles. The lowest BCUT2D eigenvalue weighted by atomic mass is 10.4. The molecule has 0 spiro atoms. The number of hydrogen-bond acceptors (Lipinski definition) is 9. The van der Waals surface area contributed by atoms with Crippen LogP contribution in [0.4, 0.5) is 5.95 Å². The predicted molar refractivity (Wildman–Crippen MR) is 74.4 cm³/mol. The summed E-state index contributed by atoms with van der Waals surface area (Å²) < 4.78 is 6.98. The van der Waals surface area contributed by atoms with E-state index >= 15 is 0 Å². The molecule has 3 rings (SSSR count). The van der Waals surface area contributed by atoms with Gasteiger partial charge >= 0.3 is 0 Å². The maximum Gasteiger partial charge on any atom is 0.264 e. The summed E-state index contributed by atoms with van der Waals surface area (Å²) in [7, 11) is 1.73. The van der Waals surface area contributed by atoms with Gasteiger partial charge in [-0.15, -0.1) is 0 Å². The van der Waals surface area contributed by atoms with E-state index in [1.54, 1.807) is 7.05 Å².